The first-order chi connectivity index (χ1) is 12.6. The molecule has 146 valence electrons. The number of carbonyl (C=O) groups excluding carboxylic acids is 2. The summed E-state index contributed by atoms with van der Waals surface area (Å²) in [6.45, 7) is 0.977. The predicted molar refractivity (Wildman–Crippen MR) is 117 cm³/mol. The Morgan fingerprint density at radius 1 is 1.37 bits per heavy atom. The Morgan fingerprint density at radius 3 is 2.81 bits per heavy atom. The predicted octanol–water partition coefficient (Wildman–Crippen LogP) is 1.27. The number of nitrogens with one attached hydrogen (secondary N) is 3. The number of aliphatic hydroxyl groups is 1. The highest BCUT2D eigenvalue weighted by Gasteiger charge is 2.27. The molecule has 0 spiro atoms. The van der Waals surface area contributed by atoms with Gasteiger partial charge in [-0.1, -0.05) is 18.2 Å². The molecule has 1 aliphatic heterocycles. The smallest absolute Gasteiger partial charge is 0.324 e. The van der Waals surface area contributed by atoms with Crippen molar-refractivity contribution < 1.29 is 14.7 Å². The number of nitrogens with zero attached hydrogens (tertiary/aromatic N) is 2. The Bertz CT molecular complexity index is 792. The summed E-state index contributed by atoms with van der Waals surface area (Å²) < 4.78 is 1.14. The summed E-state index contributed by atoms with van der Waals surface area (Å²) >= 11 is 1.56. The lowest BCUT2D eigenvalue weighted by atomic mass is 10.2. The Balaban J connectivity index is 0.00000261. The van der Waals surface area contributed by atoms with Crippen molar-refractivity contribution in [1.29, 1.82) is 0 Å². The van der Waals surface area contributed by atoms with Crippen molar-refractivity contribution in [3.63, 3.8) is 0 Å². The highest BCUT2D eigenvalue weighted by atomic mass is 127. The summed E-state index contributed by atoms with van der Waals surface area (Å²) in [5.74, 6) is 0.261. The zero-order chi connectivity index (χ0) is 18.5. The van der Waals surface area contributed by atoms with Crippen LogP contribution >= 0.6 is 35.3 Å². The molecule has 1 saturated heterocycles. The maximum absolute atomic E-state index is 11.5. The van der Waals surface area contributed by atoms with Crippen LogP contribution in [0.3, 0.4) is 0 Å². The average molecular weight is 503 g/mol. The van der Waals surface area contributed by atoms with Crippen molar-refractivity contribution in [2.45, 2.75) is 6.10 Å². The number of halogens is 1. The summed E-state index contributed by atoms with van der Waals surface area (Å²) in [7, 11) is 1.62. The standard InChI is InChI=1S/C17H21N5O3S.HI/c1-18-16(19-6-7-22-15(24)10-21-17(22)25)20-9-12(23)14-8-11-4-2-3-5-13(11)26-14;/h2-5,8,12,23H,6-7,9-10H2,1H3,(H,21,25)(H2,18,19,20);1H. The second-order valence-corrected chi connectivity index (χ2v) is 6.90. The van der Waals surface area contributed by atoms with Crippen LogP contribution in [0.15, 0.2) is 35.3 Å². The largest absolute Gasteiger partial charge is 0.386 e. The summed E-state index contributed by atoms with van der Waals surface area (Å²) in [6, 6.07) is 9.61. The topological polar surface area (TPSA) is 106 Å². The van der Waals surface area contributed by atoms with E-state index in [0.717, 1.165) is 19.9 Å². The number of aliphatic imine (C=N–C) groups is 1. The first-order valence-electron chi connectivity index (χ1n) is 8.27. The van der Waals surface area contributed by atoms with Crippen LogP contribution < -0.4 is 16.0 Å². The van der Waals surface area contributed by atoms with Crippen molar-refractivity contribution in [1.82, 2.24) is 20.9 Å². The summed E-state index contributed by atoms with van der Waals surface area (Å²) in [4.78, 5) is 29.1. The third-order valence-electron chi connectivity index (χ3n) is 4.02. The van der Waals surface area contributed by atoms with Crippen molar-refractivity contribution in [3.8, 4) is 0 Å². The maximum atomic E-state index is 11.5. The van der Waals surface area contributed by atoms with Gasteiger partial charge in [-0.25, -0.2) is 4.79 Å². The van der Waals surface area contributed by atoms with E-state index in [0.29, 0.717) is 19.0 Å². The number of hydrogen-bond donors (Lipinski definition) is 4. The first-order valence-corrected chi connectivity index (χ1v) is 9.09. The van der Waals surface area contributed by atoms with Gasteiger partial charge in [-0.15, -0.1) is 35.3 Å². The lowest BCUT2D eigenvalue weighted by molar-refractivity contribution is -0.124. The van der Waals surface area contributed by atoms with Gasteiger partial charge in [0.15, 0.2) is 5.96 Å². The van der Waals surface area contributed by atoms with E-state index in [1.807, 2.05) is 30.3 Å². The molecule has 1 aromatic heterocycles. The molecule has 4 N–H and O–H groups in total. The number of fused-ring (bicyclic) bond motifs is 1. The molecule has 1 aromatic carbocycles. The SMILES string of the molecule is CN=C(NCCN1C(=O)CNC1=O)NCC(O)c1cc2ccccc2s1.I. The molecule has 3 rings (SSSR count). The molecule has 8 nitrogen and oxygen atoms in total. The minimum atomic E-state index is -0.656. The third kappa shape index (κ3) is 5.30. The lowest BCUT2D eigenvalue weighted by Gasteiger charge is -2.16. The Hall–Kier alpha value is -1.92. The number of guanidine groups is 1. The van der Waals surface area contributed by atoms with E-state index in [-0.39, 0.29) is 49.0 Å². The zero-order valence-corrected chi connectivity index (χ0v) is 17.9. The number of amides is 3. The van der Waals surface area contributed by atoms with Gasteiger partial charge in [0.05, 0.1) is 6.54 Å². The van der Waals surface area contributed by atoms with Gasteiger partial charge in [-0.2, -0.15) is 0 Å². The minimum absolute atomic E-state index is 0. The molecule has 0 aliphatic carbocycles. The molecule has 1 fully saturated rings. The Kier molecular flexibility index (Phi) is 7.80. The number of hydrogen-bond acceptors (Lipinski definition) is 5. The number of rotatable bonds is 6. The summed E-state index contributed by atoms with van der Waals surface area (Å²) in [6.07, 6.45) is -0.656. The van der Waals surface area contributed by atoms with E-state index < -0.39 is 6.10 Å². The van der Waals surface area contributed by atoms with Crippen LogP contribution in [0.1, 0.15) is 11.0 Å². The quantitative estimate of drug-likeness (QED) is 0.206. The molecule has 0 saturated carbocycles. The second-order valence-electron chi connectivity index (χ2n) is 5.79. The van der Waals surface area contributed by atoms with E-state index >= 15 is 0 Å². The highest BCUT2D eigenvalue weighted by molar-refractivity contribution is 14.0. The van der Waals surface area contributed by atoms with E-state index in [4.69, 9.17) is 0 Å². The fraction of sp³-hybridized carbons (Fsp3) is 0.353. The second kappa shape index (κ2) is 9.85. The van der Waals surface area contributed by atoms with Gasteiger partial charge < -0.3 is 21.1 Å². The molecule has 2 aromatic rings. The summed E-state index contributed by atoms with van der Waals surface area (Å²) in [5.41, 5.74) is 0. The van der Waals surface area contributed by atoms with E-state index in [1.54, 1.807) is 18.4 Å². The number of thiophene rings is 1. The monoisotopic (exact) mass is 503 g/mol. The summed E-state index contributed by atoms with van der Waals surface area (Å²) in [5, 5.41) is 20.1. The molecular weight excluding hydrogens is 481 g/mol. The number of aliphatic hydroxyl groups excluding tert-OH is 1. The van der Waals surface area contributed by atoms with Crippen molar-refractivity contribution in [2.24, 2.45) is 4.99 Å². The van der Waals surface area contributed by atoms with Crippen LogP contribution in [0.25, 0.3) is 10.1 Å². The van der Waals surface area contributed by atoms with Gasteiger partial charge in [0.25, 0.3) is 0 Å². The van der Waals surface area contributed by atoms with Crippen LogP contribution in [-0.4, -0.2) is 61.1 Å². The Morgan fingerprint density at radius 2 is 2.15 bits per heavy atom. The van der Waals surface area contributed by atoms with Crippen molar-refractivity contribution in [3.05, 3.63) is 35.2 Å². The number of benzene rings is 1. The van der Waals surface area contributed by atoms with Gasteiger partial charge in [-0.05, 0) is 17.5 Å². The van der Waals surface area contributed by atoms with Gasteiger partial charge in [0, 0.05) is 36.3 Å². The molecule has 10 heteroatoms. The van der Waals surface area contributed by atoms with Gasteiger partial charge in [0.2, 0.25) is 5.91 Å². The highest BCUT2D eigenvalue weighted by Crippen LogP contribution is 2.29. The van der Waals surface area contributed by atoms with Gasteiger partial charge >= 0.3 is 6.03 Å². The first kappa shape index (κ1) is 21.4. The van der Waals surface area contributed by atoms with Crippen molar-refractivity contribution >= 4 is 63.3 Å². The van der Waals surface area contributed by atoms with Crippen LogP contribution in [0.4, 0.5) is 4.79 Å². The van der Waals surface area contributed by atoms with Crippen LogP contribution in [0, 0.1) is 0 Å². The Labute approximate surface area is 178 Å². The van der Waals surface area contributed by atoms with Crippen LogP contribution in [0.5, 0.6) is 0 Å². The molecule has 0 radical (unpaired) electrons. The number of imide groups is 1. The fourth-order valence-electron chi connectivity index (χ4n) is 2.65. The molecular formula is C17H22IN5O3S. The molecule has 0 bridgehead atoms. The molecule has 1 unspecified atom stereocenters. The molecule has 2 heterocycles. The molecule has 1 aliphatic rings. The molecule has 1 atom stereocenters. The average Bonchev–Trinajstić information content (AvgIpc) is 3.22. The van der Waals surface area contributed by atoms with Gasteiger partial charge in [-0.3, -0.25) is 14.7 Å². The maximum Gasteiger partial charge on any atom is 0.324 e. The normalized spacial score (nSPS) is 15.5. The molecule has 27 heavy (non-hydrogen) atoms. The fourth-order valence-corrected chi connectivity index (χ4v) is 3.70. The number of carbonyl (C=O) groups is 2. The third-order valence-corrected chi connectivity index (χ3v) is 5.24. The van der Waals surface area contributed by atoms with E-state index in [1.165, 1.54) is 0 Å². The van der Waals surface area contributed by atoms with Crippen molar-refractivity contribution in [2.75, 3.05) is 33.2 Å². The van der Waals surface area contributed by atoms with Gasteiger partial charge in [0.1, 0.15) is 6.10 Å². The van der Waals surface area contributed by atoms with Crippen LogP contribution in [0.2, 0.25) is 0 Å². The van der Waals surface area contributed by atoms with E-state index in [9.17, 15) is 14.7 Å². The zero-order valence-electron chi connectivity index (χ0n) is 14.8. The minimum Gasteiger partial charge on any atom is -0.386 e. The van der Waals surface area contributed by atoms with Crippen LogP contribution in [-0.2, 0) is 4.79 Å². The molecule has 3 amide bonds. The van der Waals surface area contributed by atoms with E-state index in [2.05, 4.69) is 20.9 Å². The lowest BCUT2D eigenvalue weighted by Crippen LogP contribution is -2.44. The number of urea groups is 1.